The van der Waals surface area contributed by atoms with Crippen LogP contribution in [0.1, 0.15) is 21.6 Å². The number of alkyl halides is 3. The second kappa shape index (κ2) is 5.21. The van der Waals surface area contributed by atoms with E-state index in [2.05, 4.69) is 14.5 Å². The molecule has 0 aliphatic carbocycles. The number of carbonyl (C=O) groups is 1. The maximum absolute atomic E-state index is 12.3. The molecule has 2 N–H and O–H groups in total. The van der Waals surface area contributed by atoms with Crippen molar-refractivity contribution in [2.45, 2.75) is 19.8 Å². The Morgan fingerprint density at radius 1 is 1.50 bits per heavy atom. The molecule has 100 valence electrons. The molecule has 0 bridgehead atoms. The number of carbonyl (C=O) groups excluding carboxylic acids is 1. The highest BCUT2D eigenvalue weighted by Crippen LogP contribution is 2.30. The Bertz CT molecular complexity index is 460. The lowest BCUT2D eigenvalue weighted by Gasteiger charge is -2.16. The van der Waals surface area contributed by atoms with Crippen molar-refractivity contribution in [2.24, 2.45) is 5.73 Å². The maximum atomic E-state index is 12.3. The largest absolute Gasteiger partial charge is 0.573 e. The molecule has 5 nitrogen and oxygen atoms in total. The van der Waals surface area contributed by atoms with Gasteiger partial charge in [0.1, 0.15) is 5.75 Å². The van der Waals surface area contributed by atoms with Crippen LogP contribution in [0.2, 0.25) is 0 Å². The van der Waals surface area contributed by atoms with E-state index in [0.29, 0.717) is 0 Å². The van der Waals surface area contributed by atoms with E-state index in [-0.39, 0.29) is 23.4 Å². The fourth-order valence-corrected chi connectivity index (χ4v) is 1.35. The van der Waals surface area contributed by atoms with Crippen LogP contribution >= 0.6 is 0 Å². The average Bonchev–Trinajstić information content (AvgIpc) is 2.29. The third-order valence-electron chi connectivity index (χ3n) is 2.15. The van der Waals surface area contributed by atoms with E-state index < -0.39 is 18.1 Å². The predicted molar refractivity (Wildman–Crippen MR) is 54.9 cm³/mol. The van der Waals surface area contributed by atoms with Gasteiger partial charge in [-0.25, -0.2) is 9.78 Å². The van der Waals surface area contributed by atoms with Crippen LogP contribution in [0.25, 0.3) is 0 Å². The molecular formula is C10H11F3N2O3. The van der Waals surface area contributed by atoms with Gasteiger partial charge in [0.25, 0.3) is 0 Å². The highest BCUT2D eigenvalue weighted by Gasteiger charge is 2.34. The fourth-order valence-electron chi connectivity index (χ4n) is 1.35. The van der Waals surface area contributed by atoms with Gasteiger partial charge in [-0.15, -0.1) is 13.2 Å². The Hall–Kier alpha value is -1.83. The predicted octanol–water partition coefficient (Wildman–Crippen LogP) is 1.53. The van der Waals surface area contributed by atoms with Crippen molar-refractivity contribution in [1.29, 1.82) is 0 Å². The van der Waals surface area contributed by atoms with Crippen molar-refractivity contribution >= 4 is 5.97 Å². The molecule has 1 rings (SSSR count). The molecule has 0 spiro atoms. The third kappa shape index (κ3) is 3.10. The van der Waals surface area contributed by atoms with Gasteiger partial charge in [-0.05, 0) is 6.92 Å². The van der Waals surface area contributed by atoms with Gasteiger partial charge in [-0.1, -0.05) is 0 Å². The molecule has 0 atom stereocenters. The second-order valence-corrected chi connectivity index (χ2v) is 3.33. The van der Waals surface area contributed by atoms with E-state index in [4.69, 9.17) is 5.73 Å². The molecule has 18 heavy (non-hydrogen) atoms. The van der Waals surface area contributed by atoms with Gasteiger partial charge in [0.05, 0.1) is 7.11 Å². The van der Waals surface area contributed by atoms with E-state index in [1.807, 2.05) is 0 Å². The summed E-state index contributed by atoms with van der Waals surface area (Å²) in [6.07, 6.45) is -3.82. The fraction of sp³-hybridized carbons (Fsp3) is 0.400. The smallest absolute Gasteiger partial charge is 0.464 e. The summed E-state index contributed by atoms with van der Waals surface area (Å²) in [5.74, 6) is -1.36. The number of nitrogens with zero attached hydrogens (tertiary/aromatic N) is 1. The molecule has 0 fully saturated rings. The zero-order valence-corrected chi connectivity index (χ0v) is 9.67. The highest BCUT2D eigenvalue weighted by atomic mass is 19.4. The summed E-state index contributed by atoms with van der Waals surface area (Å²) >= 11 is 0. The Labute approximate surface area is 101 Å². The van der Waals surface area contributed by atoms with Gasteiger partial charge in [0, 0.05) is 23.9 Å². The average molecular weight is 264 g/mol. The van der Waals surface area contributed by atoms with Crippen molar-refractivity contribution < 1.29 is 27.4 Å². The van der Waals surface area contributed by atoms with Crippen LogP contribution in [0.15, 0.2) is 6.20 Å². The lowest BCUT2D eigenvalue weighted by molar-refractivity contribution is -0.275. The van der Waals surface area contributed by atoms with Gasteiger partial charge in [0.2, 0.25) is 0 Å². The monoisotopic (exact) mass is 264 g/mol. The van der Waals surface area contributed by atoms with Crippen molar-refractivity contribution in [1.82, 2.24) is 4.98 Å². The molecule has 0 saturated carbocycles. The Balaban J connectivity index is 3.31. The van der Waals surface area contributed by atoms with E-state index in [0.717, 1.165) is 13.3 Å². The molecule has 1 heterocycles. The van der Waals surface area contributed by atoms with E-state index in [1.165, 1.54) is 6.92 Å². The van der Waals surface area contributed by atoms with Crippen LogP contribution in [0, 0.1) is 6.92 Å². The molecule has 8 heteroatoms. The number of aromatic nitrogens is 1. The number of pyridine rings is 1. The molecule has 1 aromatic heterocycles. The van der Waals surface area contributed by atoms with Crippen LogP contribution in [0.3, 0.4) is 0 Å². The molecule has 1 aromatic rings. The van der Waals surface area contributed by atoms with E-state index in [1.54, 1.807) is 0 Å². The third-order valence-corrected chi connectivity index (χ3v) is 2.15. The molecule has 0 amide bonds. The minimum Gasteiger partial charge on any atom is -0.464 e. The highest BCUT2D eigenvalue weighted by molar-refractivity contribution is 5.89. The minimum absolute atomic E-state index is 0.0532. The van der Waals surface area contributed by atoms with Gasteiger partial charge in [-0.2, -0.15) is 0 Å². The summed E-state index contributed by atoms with van der Waals surface area (Å²) < 4.78 is 45.0. The minimum atomic E-state index is -4.87. The van der Waals surface area contributed by atoms with Crippen molar-refractivity contribution in [3.63, 3.8) is 0 Å². The van der Waals surface area contributed by atoms with Crippen LogP contribution < -0.4 is 10.5 Å². The second-order valence-electron chi connectivity index (χ2n) is 3.33. The van der Waals surface area contributed by atoms with E-state index >= 15 is 0 Å². The number of hydrogen-bond acceptors (Lipinski definition) is 5. The number of esters is 1. The summed E-state index contributed by atoms with van der Waals surface area (Å²) in [6.45, 7) is 1.08. The van der Waals surface area contributed by atoms with Gasteiger partial charge in [0.15, 0.2) is 5.69 Å². The van der Waals surface area contributed by atoms with Gasteiger partial charge in [-0.3, -0.25) is 0 Å². The number of hydrogen-bond donors (Lipinski definition) is 1. The first-order valence-corrected chi connectivity index (χ1v) is 4.82. The number of halogens is 3. The first-order valence-electron chi connectivity index (χ1n) is 4.82. The number of ether oxygens (including phenoxy) is 2. The van der Waals surface area contributed by atoms with Crippen molar-refractivity contribution in [3.05, 3.63) is 23.0 Å². The van der Waals surface area contributed by atoms with E-state index in [9.17, 15) is 18.0 Å². The van der Waals surface area contributed by atoms with Crippen molar-refractivity contribution in [3.8, 4) is 5.75 Å². The number of methoxy groups -OCH3 is 1. The summed E-state index contributed by atoms with van der Waals surface area (Å²) in [4.78, 5) is 15.0. The maximum Gasteiger partial charge on any atom is 0.573 e. The number of nitrogens with two attached hydrogens (primary N) is 1. The lowest BCUT2D eigenvalue weighted by atomic mass is 10.1. The summed E-state index contributed by atoms with van der Waals surface area (Å²) in [6, 6.07) is 0. The van der Waals surface area contributed by atoms with Crippen LogP contribution in [-0.4, -0.2) is 24.4 Å². The summed E-state index contributed by atoms with van der Waals surface area (Å²) in [5, 5.41) is 0. The normalized spacial score (nSPS) is 11.2. The molecule has 0 aromatic carbocycles. The quantitative estimate of drug-likeness (QED) is 0.838. The molecular weight excluding hydrogens is 253 g/mol. The molecule has 0 radical (unpaired) electrons. The van der Waals surface area contributed by atoms with Gasteiger partial charge >= 0.3 is 12.3 Å². The first-order chi connectivity index (χ1) is 8.30. The zero-order valence-electron chi connectivity index (χ0n) is 9.67. The summed E-state index contributed by atoms with van der Waals surface area (Å²) in [5.41, 5.74) is 5.04. The molecule has 0 aliphatic heterocycles. The molecule has 0 saturated heterocycles. The molecule has 0 unspecified atom stereocenters. The van der Waals surface area contributed by atoms with Gasteiger partial charge < -0.3 is 15.2 Å². The SMILES string of the molecule is COC(=O)c1ncc(CN)c(OC(F)(F)F)c1C. The number of rotatable bonds is 3. The van der Waals surface area contributed by atoms with Crippen LogP contribution in [0.5, 0.6) is 5.75 Å². The van der Waals surface area contributed by atoms with Crippen LogP contribution in [-0.2, 0) is 11.3 Å². The zero-order chi connectivity index (χ0) is 13.9. The topological polar surface area (TPSA) is 74.4 Å². The summed E-state index contributed by atoms with van der Waals surface area (Å²) in [7, 11) is 1.10. The first kappa shape index (κ1) is 14.2. The standard InChI is InChI=1S/C10H11F3N2O3/c1-5-7(9(16)17-2)15-4-6(3-14)8(5)18-10(11,12)13/h4H,3,14H2,1-2H3. The van der Waals surface area contributed by atoms with Crippen molar-refractivity contribution in [2.75, 3.05) is 7.11 Å². The Kier molecular flexibility index (Phi) is 4.12. The Morgan fingerprint density at radius 3 is 2.56 bits per heavy atom. The van der Waals surface area contributed by atoms with Crippen LogP contribution in [0.4, 0.5) is 13.2 Å². The Morgan fingerprint density at radius 2 is 2.11 bits per heavy atom. The molecule has 0 aliphatic rings. The lowest BCUT2D eigenvalue weighted by Crippen LogP contribution is -2.21.